The van der Waals surface area contributed by atoms with Gasteiger partial charge in [0, 0.05) is 5.02 Å². The van der Waals surface area contributed by atoms with Gasteiger partial charge in [-0.2, -0.15) is 0 Å². The lowest BCUT2D eigenvalue weighted by molar-refractivity contribution is 0.0599. The average Bonchev–Trinajstić information content (AvgIpc) is 2.61. The summed E-state index contributed by atoms with van der Waals surface area (Å²) in [6.07, 6.45) is 0. The Hall–Kier alpha value is -2.29. The van der Waals surface area contributed by atoms with Gasteiger partial charge in [-0.15, -0.1) is 5.69 Å². The molecule has 0 aromatic heterocycles. The SMILES string of the molecule is COC(=O)c1cc([N-]S(=O)(=O)c2cc(Cl)ccc2Cl)cc(C(=O)OC)c1. The smallest absolute Gasteiger partial charge is 0.337 e. The van der Waals surface area contributed by atoms with E-state index in [-0.39, 0.29) is 31.8 Å². The van der Waals surface area contributed by atoms with Crippen LogP contribution < -0.4 is 0 Å². The van der Waals surface area contributed by atoms with Crippen LogP contribution in [0.3, 0.4) is 0 Å². The lowest BCUT2D eigenvalue weighted by Gasteiger charge is -2.23. The Bertz CT molecular complexity index is 940. The second-order valence-electron chi connectivity index (χ2n) is 4.89. The molecule has 0 heterocycles. The van der Waals surface area contributed by atoms with E-state index in [0.29, 0.717) is 0 Å². The Morgan fingerprint density at radius 2 is 1.46 bits per heavy atom. The number of carbonyl (C=O) groups excluding carboxylic acids is 2. The van der Waals surface area contributed by atoms with Crippen LogP contribution in [0.15, 0.2) is 41.3 Å². The molecule has 0 aliphatic heterocycles. The van der Waals surface area contributed by atoms with E-state index in [4.69, 9.17) is 23.2 Å². The van der Waals surface area contributed by atoms with Crippen molar-refractivity contribution in [3.05, 3.63) is 62.3 Å². The van der Waals surface area contributed by atoms with Gasteiger partial charge in [0.15, 0.2) is 0 Å². The fourth-order valence-corrected chi connectivity index (χ4v) is 3.72. The van der Waals surface area contributed by atoms with Gasteiger partial charge < -0.3 is 14.2 Å². The van der Waals surface area contributed by atoms with E-state index in [2.05, 4.69) is 14.2 Å². The summed E-state index contributed by atoms with van der Waals surface area (Å²) >= 11 is 11.7. The second-order valence-corrected chi connectivity index (χ2v) is 7.31. The first-order valence-corrected chi connectivity index (χ1v) is 9.12. The summed E-state index contributed by atoms with van der Waals surface area (Å²) in [6.45, 7) is 0. The molecule has 0 amide bonds. The standard InChI is InChI=1S/C16H12Cl2NO6S/c1-24-15(20)9-5-10(16(21)25-2)7-12(6-9)19-26(22,23)14-8-11(17)3-4-13(14)18/h3-8H,1-2H3/q-1. The van der Waals surface area contributed by atoms with Crippen LogP contribution in [0.4, 0.5) is 5.69 Å². The third-order valence-electron chi connectivity index (χ3n) is 3.16. The number of halogens is 2. The van der Waals surface area contributed by atoms with E-state index in [0.717, 1.165) is 32.4 Å². The van der Waals surface area contributed by atoms with Gasteiger partial charge in [-0.3, -0.25) is 0 Å². The summed E-state index contributed by atoms with van der Waals surface area (Å²) in [5.74, 6) is -1.55. The van der Waals surface area contributed by atoms with Crippen LogP contribution in [0.5, 0.6) is 0 Å². The molecule has 0 saturated heterocycles. The molecule has 2 aromatic carbocycles. The van der Waals surface area contributed by atoms with Crippen LogP contribution in [0.25, 0.3) is 4.72 Å². The van der Waals surface area contributed by atoms with Gasteiger partial charge >= 0.3 is 11.9 Å². The Kier molecular flexibility index (Phi) is 6.12. The Balaban J connectivity index is 2.52. The van der Waals surface area contributed by atoms with Crippen LogP contribution in [0.2, 0.25) is 10.0 Å². The third kappa shape index (κ3) is 4.46. The molecule has 0 fully saturated rings. The molecule has 0 radical (unpaired) electrons. The Labute approximate surface area is 159 Å². The molecular formula is C16H12Cl2NO6S-. The zero-order valence-electron chi connectivity index (χ0n) is 13.5. The molecule has 0 atom stereocenters. The fourth-order valence-electron chi connectivity index (χ4n) is 2.00. The number of ether oxygens (including phenoxy) is 2. The van der Waals surface area contributed by atoms with Crippen molar-refractivity contribution in [1.29, 1.82) is 0 Å². The summed E-state index contributed by atoms with van der Waals surface area (Å²) in [5, 5.41) is 0.0807. The van der Waals surface area contributed by atoms with Crippen molar-refractivity contribution in [3.63, 3.8) is 0 Å². The monoisotopic (exact) mass is 416 g/mol. The molecule has 0 aliphatic rings. The minimum Gasteiger partial charge on any atom is -0.573 e. The van der Waals surface area contributed by atoms with Crippen LogP contribution in [0, 0.1) is 0 Å². The molecule has 0 aliphatic carbocycles. The minimum atomic E-state index is -4.26. The average molecular weight is 417 g/mol. The Morgan fingerprint density at radius 1 is 0.923 bits per heavy atom. The summed E-state index contributed by atoms with van der Waals surface area (Å²) in [6, 6.07) is 7.42. The summed E-state index contributed by atoms with van der Waals surface area (Å²) in [7, 11) is -1.97. The van der Waals surface area contributed by atoms with Gasteiger partial charge in [-0.1, -0.05) is 35.3 Å². The van der Waals surface area contributed by atoms with Crippen LogP contribution in [-0.4, -0.2) is 34.6 Å². The van der Waals surface area contributed by atoms with Gasteiger partial charge in [-0.25, -0.2) is 18.0 Å². The van der Waals surface area contributed by atoms with Gasteiger partial charge in [0.2, 0.25) is 0 Å². The van der Waals surface area contributed by atoms with Crippen molar-refractivity contribution in [2.75, 3.05) is 14.2 Å². The number of hydrogen-bond donors (Lipinski definition) is 0. The number of hydrogen-bond acceptors (Lipinski definition) is 6. The number of esters is 2. The van der Waals surface area contributed by atoms with E-state index in [1.54, 1.807) is 0 Å². The zero-order valence-corrected chi connectivity index (χ0v) is 15.9. The minimum absolute atomic E-state index is 0.0680. The lowest BCUT2D eigenvalue weighted by Crippen LogP contribution is -2.07. The highest BCUT2D eigenvalue weighted by atomic mass is 35.5. The van der Waals surface area contributed by atoms with Crippen molar-refractivity contribution in [3.8, 4) is 0 Å². The third-order valence-corrected chi connectivity index (χ3v) is 5.18. The summed E-state index contributed by atoms with van der Waals surface area (Å²) < 4.78 is 37.9. The number of nitrogens with zero attached hydrogens (tertiary/aromatic N) is 1. The molecule has 0 unspecified atom stereocenters. The lowest BCUT2D eigenvalue weighted by atomic mass is 10.1. The normalized spacial score (nSPS) is 10.9. The van der Waals surface area contributed by atoms with Crippen molar-refractivity contribution in [2.24, 2.45) is 0 Å². The molecule has 0 saturated carbocycles. The number of benzene rings is 2. The van der Waals surface area contributed by atoms with Gasteiger partial charge in [0.25, 0.3) is 0 Å². The van der Waals surface area contributed by atoms with Crippen LogP contribution in [-0.2, 0) is 19.5 Å². The maximum absolute atomic E-state index is 12.5. The fraction of sp³-hybridized carbons (Fsp3) is 0.125. The largest absolute Gasteiger partial charge is 0.573 e. The molecule has 0 bridgehead atoms. The highest BCUT2D eigenvalue weighted by Gasteiger charge is 2.15. The van der Waals surface area contributed by atoms with Gasteiger partial charge in [-0.05, 0) is 24.3 Å². The van der Waals surface area contributed by atoms with Gasteiger partial charge in [0.1, 0.15) is 10.0 Å². The highest BCUT2D eigenvalue weighted by molar-refractivity contribution is 7.94. The highest BCUT2D eigenvalue weighted by Crippen LogP contribution is 2.34. The maximum Gasteiger partial charge on any atom is 0.337 e. The number of carbonyl (C=O) groups is 2. The van der Waals surface area contributed by atoms with E-state index in [1.807, 2.05) is 0 Å². The molecule has 2 rings (SSSR count). The first-order valence-electron chi connectivity index (χ1n) is 6.92. The quantitative estimate of drug-likeness (QED) is 0.683. The van der Waals surface area contributed by atoms with Crippen LogP contribution >= 0.6 is 23.2 Å². The maximum atomic E-state index is 12.5. The van der Waals surface area contributed by atoms with E-state index >= 15 is 0 Å². The molecular weight excluding hydrogens is 405 g/mol. The second kappa shape index (κ2) is 7.94. The first-order chi connectivity index (χ1) is 12.2. The molecule has 0 spiro atoms. The molecule has 0 N–H and O–H groups in total. The number of rotatable bonds is 5. The molecule has 26 heavy (non-hydrogen) atoms. The summed E-state index contributed by atoms with van der Waals surface area (Å²) in [4.78, 5) is 23.2. The van der Waals surface area contributed by atoms with E-state index < -0.39 is 22.0 Å². The number of methoxy groups -OCH3 is 2. The van der Waals surface area contributed by atoms with E-state index in [9.17, 15) is 18.0 Å². The number of sulfonamides is 1. The van der Waals surface area contributed by atoms with Crippen molar-refractivity contribution in [2.45, 2.75) is 4.90 Å². The predicted octanol–water partition coefficient (Wildman–Crippen LogP) is 3.96. The topological polar surface area (TPSA) is 101 Å². The van der Waals surface area contributed by atoms with Crippen molar-refractivity contribution >= 4 is 50.9 Å². The summed E-state index contributed by atoms with van der Waals surface area (Å²) in [5.41, 5.74) is -0.313. The van der Waals surface area contributed by atoms with E-state index in [1.165, 1.54) is 18.2 Å². The first kappa shape index (κ1) is 20.0. The van der Waals surface area contributed by atoms with Crippen molar-refractivity contribution in [1.82, 2.24) is 0 Å². The zero-order chi connectivity index (χ0) is 19.5. The predicted molar refractivity (Wildman–Crippen MR) is 95.8 cm³/mol. The Morgan fingerprint density at radius 3 is 1.96 bits per heavy atom. The van der Waals surface area contributed by atoms with Crippen LogP contribution in [0.1, 0.15) is 20.7 Å². The van der Waals surface area contributed by atoms with Gasteiger partial charge in [0.05, 0.1) is 35.3 Å². The molecule has 7 nitrogen and oxygen atoms in total. The molecule has 2 aromatic rings. The van der Waals surface area contributed by atoms with Crippen molar-refractivity contribution < 1.29 is 27.5 Å². The molecule has 10 heteroatoms. The molecule has 138 valence electrons.